The maximum Gasteiger partial charge on any atom is 3.00 e. The molecule has 0 heterocycles. The average Bonchev–Trinajstić information content (AvgIpc) is 1.54. The Kier molecular flexibility index (Phi) is 380. The van der Waals surface area contributed by atoms with Crippen molar-refractivity contribution in [1.29, 1.82) is 0 Å². The molecule has 0 aliphatic carbocycles. The van der Waals surface area contributed by atoms with Gasteiger partial charge in [-0.25, -0.2) is 0 Å². The Morgan fingerprint density at radius 2 is 0.409 bits per heavy atom. The van der Waals surface area contributed by atoms with Crippen LogP contribution >= 0.6 is 0 Å². The first kappa shape index (κ1) is 97.3. The quantitative estimate of drug-likeness (QED) is 0.255. The Morgan fingerprint density at radius 1 is 0.409 bits per heavy atom. The molecule has 0 aromatic heterocycles. The second-order valence-electron chi connectivity index (χ2n) is 2.22. The van der Waals surface area contributed by atoms with E-state index in [0.29, 0.717) is 0 Å². The van der Waals surface area contributed by atoms with Gasteiger partial charge in [0.25, 0.3) is 0 Å². The summed E-state index contributed by atoms with van der Waals surface area (Å²) in [4.78, 5) is 0. The molecule has 0 unspecified atom stereocenters. The van der Waals surface area contributed by atoms with E-state index in [9.17, 15) is 12.6 Å². The van der Waals surface area contributed by atoms with Gasteiger partial charge >= 0.3 is 39.0 Å². The molecule has 0 aliphatic rings. The normalized spacial score (nSPS) is 4.77. The van der Waals surface area contributed by atoms with Crippen molar-refractivity contribution < 1.29 is 138 Å². The summed E-state index contributed by atoms with van der Waals surface area (Å²) < 4.78 is 28.7. The maximum atomic E-state index is 9.56. The van der Waals surface area contributed by atoms with Crippen LogP contribution in [-0.4, -0.2) is 50.2 Å². The number of quaternary nitrogens is 1. The molecule has 152 valence electrons. The van der Waals surface area contributed by atoms with Gasteiger partial charge in [0.2, 0.25) is 0 Å². The summed E-state index contributed by atoms with van der Waals surface area (Å²) in [6.45, 7) is 0. The first-order valence-corrected chi connectivity index (χ1v) is 8.85. The number of hydrogen-bond donors (Lipinski definition) is 1. The van der Waals surface area contributed by atoms with Crippen LogP contribution in [0.2, 0.25) is 0 Å². The van der Waals surface area contributed by atoms with Gasteiger partial charge < -0.3 is 93.0 Å². The summed E-state index contributed by atoms with van der Waals surface area (Å²) in [5.41, 5.74) is 0. The van der Waals surface area contributed by atoms with Crippen LogP contribution in [-0.2, 0) is 71.4 Å². The SMILES string of the molecule is CS(C)=O.CS(C)=O.CS(C)=O.[Cl-].[Cl-].[Cl-].[Cl-].[Cl-].[Cl-].[Cl-].[NH4+].[Ru+3].[Ru+3]. The minimum absolute atomic E-state index is 0. The first-order chi connectivity index (χ1) is 5.20. The van der Waals surface area contributed by atoms with Gasteiger partial charge in [-0.1, -0.05) is 0 Å². The molecule has 0 spiro atoms. The largest absolute Gasteiger partial charge is 3.00 e. The zero-order chi connectivity index (χ0) is 10.7. The molecule has 4 N–H and O–H groups in total. The van der Waals surface area contributed by atoms with Crippen LogP contribution in [0.1, 0.15) is 0 Å². The summed E-state index contributed by atoms with van der Waals surface area (Å²) in [6, 6.07) is 0. The monoisotopic (exact) mass is 701 g/mol. The average molecular weight is 703 g/mol. The fourth-order valence-electron chi connectivity index (χ4n) is 0. The third-order valence-corrected chi connectivity index (χ3v) is 0. The zero-order valence-electron chi connectivity index (χ0n) is 12.8. The Labute approximate surface area is 212 Å². The molecule has 4 nitrogen and oxygen atoms in total. The summed E-state index contributed by atoms with van der Waals surface area (Å²) in [7, 11) is -1.83. The van der Waals surface area contributed by atoms with Crippen molar-refractivity contribution in [3.63, 3.8) is 0 Å². The second-order valence-corrected chi connectivity index (χ2v) is 6.67. The number of hydrogen-bond acceptors (Lipinski definition) is 3. The summed E-state index contributed by atoms with van der Waals surface area (Å²) >= 11 is 0. The van der Waals surface area contributed by atoms with Gasteiger partial charge in [0.05, 0.1) is 0 Å². The predicted molar refractivity (Wildman–Crippen MR) is 66.0 cm³/mol. The summed E-state index contributed by atoms with van der Waals surface area (Å²) in [5.74, 6) is 0. The molecular formula is C6H22Cl7NO3Ru2S3. The molecule has 16 heteroatoms. The first-order valence-electron chi connectivity index (χ1n) is 2.95. The van der Waals surface area contributed by atoms with Crippen molar-refractivity contribution in [3.8, 4) is 0 Å². The van der Waals surface area contributed by atoms with Gasteiger partial charge in [0, 0.05) is 69.9 Å². The van der Waals surface area contributed by atoms with E-state index in [1.807, 2.05) is 0 Å². The van der Waals surface area contributed by atoms with Crippen molar-refractivity contribution >= 4 is 32.4 Å². The van der Waals surface area contributed by atoms with Gasteiger partial charge in [-0.2, -0.15) is 0 Å². The van der Waals surface area contributed by atoms with E-state index in [0.717, 1.165) is 0 Å². The Hall–Kier alpha value is 3.69. The smallest absolute Gasteiger partial charge is 1.00 e. The Morgan fingerprint density at radius 3 is 0.409 bits per heavy atom. The van der Waals surface area contributed by atoms with E-state index in [-0.39, 0.29) is 132 Å². The molecule has 0 fully saturated rings. The van der Waals surface area contributed by atoms with Crippen molar-refractivity contribution in [3.05, 3.63) is 0 Å². The molecule has 0 rings (SSSR count). The molecule has 2 radical (unpaired) electrons. The maximum absolute atomic E-state index is 9.56. The predicted octanol–water partition coefficient (Wildman–Crippen LogP) is -20.6. The topological polar surface area (TPSA) is 87.7 Å². The van der Waals surface area contributed by atoms with Gasteiger partial charge in [0.1, 0.15) is 0 Å². The molecule has 0 bridgehead atoms. The summed E-state index contributed by atoms with van der Waals surface area (Å²) in [5, 5.41) is 0. The molecule has 0 aromatic rings. The third kappa shape index (κ3) is 897. The van der Waals surface area contributed by atoms with Crippen molar-refractivity contribution in [2.45, 2.75) is 0 Å². The minimum atomic E-state index is -0.611. The van der Waals surface area contributed by atoms with Crippen molar-refractivity contribution in [2.75, 3.05) is 37.5 Å². The molecule has 0 saturated carbocycles. The minimum Gasteiger partial charge on any atom is -1.00 e. The van der Waals surface area contributed by atoms with Crippen LogP contribution < -0.4 is 93.0 Å². The third-order valence-electron chi connectivity index (χ3n) is 0. The van der Waals surface area contributed by atoms with Crippen LogP contribution in [0.4, 0.5) is 0 Å². The van der Waals surface area contributed by atoms with Gasteiger partial charge in [-0.05, 0) is 0 Å². The fourth-order valence-corrected chi connectivity index (χ4v) is 0. The van der Waals surface area contributed by atoms with E-state index in [4.69, 9.17) is 0 Å². The summed E-state index contributed by atoms with van der Waals surface area (Å²) in [6.07, 6.45) is 9.83. The van der Waals surface area contributed by atoms with Crippen LogP contribution in [0.3, 0.4) is 0 Å². The zero-order valence-corrected chi connectivity index (χ0v) is 24.0. The van der Waals surface area contributed by atoms with Crippen molar-refractivity contribution in [1.82, 2.24) is 6.15 Å². The van der Waals surface area contributed by atoms with E-state index in [1.54, 1.807) is 37.5 Å². The number of halogens is 7. The molecule has 0 amide bonds. The number of rotatable bonds is 0. The van der Waals surface area contributed by atoms with E-state index in [2.05, 4.69) is 0 Å². The van der Waals surface area contributed by atoms with E-state index < -0.39 is 32.4 Å². The van der Waals surface area contributed by atoms with E-state index in [1.165, 1.54) is 0 Å². The molecule has 0 aromatic carbocycles. The fraction of sp³-hybridized carbons (Fsp3) is 1.00. The van der Waals surface area contributed by atoms with Crippen molar-refractivity contribution in [2.24, 2.45) is 0 Å². The Bertz CT molecular complexity index is 149. The molecule has 0 aliphatic heterocycles. The van der Waals surface area contributed by atoms with Crippen LogP contribution in [0.25, 0.3) is 0 Å². The van der Waals surface area contributed by atoms with Crippen LogP contribution in [0.5, 0.6) is 0 Å². The van der Waals surface area contributed by atoms with Gasteiger partial charge in [-0.15, -0.1) is 0 Å². The Balaban J connectivity index is -0.00000000409. The van der Waals surface area contributed by atoms with Crippen LogP contribution in [0, 0.1) is 0 Å². The standard InChI is InChI=1S/3C2H6OS.7ClH.H3N.2Ru/c3*1-4(2)3;;;;;;;;;;/h3*1-2H3;7*1H;1H3;;/q;;;;;;;;;;;2*+3/p-6. The van der Waals surface area contributed by atoms with Crippen LogP contribution in [0.15, 0.2) is 0 Å². The molecule has 22 heavy (non-hydrogen) atoms. The van der Waals surface area contributed by atoms with Gasteiger partial charge in [0.15, 0.2) is 0 Å². The second kappa shape index (κ2) is 86.1. The van der Waals surface area contributed by atoms with E-state index >= 15 is 0 Å². The molecule has 0 saturated heterocycles. The molecular weight excluding hydrogens is 681 g/mol. The molecule has 0 atom stereocenters. The van der Waals surface area contributed by atoms with Gasteiger partial charge in [-0.3, -0.25) is 12.6 Å².